The maximum Gasteiger partial charge on any atom is 0.0158 e. The van der Waals surface area contributed by atoms with E-state index in [4.69, 9.17) is 0 Å². The van der Waals surface area contributed by atoms with Gasteiger partial charge in [-0.25, -0.2) is 0 Å². The Kier molecular flexibility index (Phi) is 5.18. The highest BCUT2D eigenvalue weighted by molar-refractivity contribution is 5.90. The number of hydrogen-bond acceptors (Lipinski definition) is 0. The molecular weight excluding hydrogens is 540 g/mol. The van der Waals surface area contributed by atoms with E-state index in [-0.39, 0.29) is 16.2 Å². The van der Waals surface area contributed by atoms with Crippen LogP contribution in [0.4, 0.5) is 0 Å². The van der Waals surface area contributed by atoms with E-state index in [2.05, 4.69) is 163 Å². The van der Waals surface area contributed by atoms with Gasteiger partial charge in [-0.2, -0.15) is 0 Å². The Bertz CT molecular complexity index is 2080. The summed E-state index contributed by atoms with van der Waals surface area (Å²) in [5.41, 5.74) is 21.9. The van der Waals surface area contributed by atoms with Gasteiger partial charge in [0.15, 0.2) is 0 Å². The molecule has 45 heavy (non-hydrogen) atoms. The van der Waals surface area contributed by atoms with Crippen LogP contribution >= 0.6 is 0 Å². The molecule has 0 saturated carbocycles. The molecule has 0 nitrogen and oxygen atoms in total. The highest BCUT2D eigenvalue weighted by Gasteiger charge is 2.38. The highest BCUT2D eigenvalue weighted by Crippen LogP contribution is 2.53. The van der Waals surface area contributed by atoms with Gasteiger partial charge in [-0.15, -0.1) is 0 Å². The third-order valence-electron chi connectivity index (χ3n) is 11.5. The predicted molar refractivity (Wildman–Crippen MR) is 190 cm³/mol. The van der Waals surface area contributed by atoms with E-state index in [9.17, 15) is 0 Å². The fraction of sp³-hybridized carbons (Fsp3) is 0.200. The maximum atomic E-state index is 2.45. The molecule has 6 aromatic carbocycles. The normalized spacial score (nSPS) is 16.8. The van der Waals surface area contributed by atoms with Crippen molar-refractivity contribution in [1.82, 2.24) is 0 Å². The molecule has 0 spiro atoms. The minimum Gasteiger partial charge on any atom is -0.0619 e. The lowest BCUT2D eigenvalue weighted by Gasteiger charge is -2.22. The second-order valence-corrected chi connectivity index (χ2v) is 15.0. The first-order chi connectivity index (χ1) is 21.6. The molecule has 0 heterocycles. The molecule has 218 valence electrons. The summed E-state index contributed by atoms with van der Waals surface area (Å²) in [6.07, 6.45) is 0. The summed E-state index contributed by atoms with van der Waals surface area (Å²) in [6, 6.07) is 46.4. The second kappa shape index (κ2) is 8.73. The average molecular weight is 579 g/mol. The fourth-order valence-corrected chi connectivity index (χ4v) is 8.93. The van der Waals surface area contributed by atoms with Crippen molar-refractivity contribution in [2.45, 2.75) is 57.8 Å². The van der Waals surface area contributed by atoms with Gasteiger partial charge in [-0.1, -0.05) is 139 Å². The first kappa shape index (κ1) is 26.7. The quantitative estimate of drug-likeness (QED) is 0.192. The molecule has 3 aliphatic carbocycles. The van der Waals surface area contributed by atoms with Crippen molar-refractivity contribution in [3.05, 3.63) is 155 Å². The molecule has 3 aliphatic rings. The summed E-state index contributed by atoms with van der Waals surface area (Å²) < 4.78 is 0. The van der Waals surface area contributed by atoms with E-state index in [1.807, 2.05) is 0 Å². The summed E-state index contributed by atoms with van der Waals surface area (Å²) in [7, 11) is 0. The monoisotopic (exact) mass is 578 g/mol. The Morgan fingerprint density at radius 3 is 0.822 bits per heavy atom. The third-order valence-corrected chi connectivity index (χ3v) is 11.5. The molecule has 0 bridgehead atoms. The van der Waals surface area contributed by atoms with Crippen molar-refractivity contribution in [3.63, 3.8) is 0 Å². The number of benzene rings is 6. The highest BCUT2D eigenvalue weighted by atomic mass is 14.4. The molecule has 0 amide bonds. The van der Waals surface area contributed by atoms with Gasteiger partial charge in [0, 0.05) is 16.2 Å². The van der Waals surface area contributed by atoms with Crippen LogP contribution in [0.2, 0.25) is 0 Å². The van der Waals surface area contributed by atoms with Crippen LogP contribution in [0.5, 0.6) is 0 Å². The van der Waals surface area contributed by atoms with Gasteiger partial charge >= 0.3 is 0 Å². The molecule has 6 aromatic rings. The van der Waals surface area contributed by atoms with Gasteiger partial charge in [0.1, 0.15) is 0 Å². The van der Waals surface area contributed by atoms with Crippen LogP contribution < -0.4 is 0 Å². The average Bonchev–Trinajstić information content (AvgIpc) is 3.53. The van der Waals surface area contributed by atoms with E-state index in [0.29, 0.717) is 0 Å². The largest absolute Gasteiger partial charge is 0.0619 e. The van der Waals surface area contributed by atoms with Crippen LogP contribution in [0.25, 0.3) is 55.6 Å². The third kappa shape index (κ3) is 3.49. The van der Waals surface area contributed by atoms with Crippen molar-refractivity contribution >= 4 is 0 Å². The summed E-state index contributed by atoms with van der Waals surface area (Å²) in [5, 5.41) is 0. The van der Waals surface area contributed by atoms with Crippen molar-refractivity contribution in [3.8, 4) is 55.6 Å². The number of fused-ring (bicyclic) bond motifs is 9. The van der Waals surface area contributed by atoms with Crippen LogP contribution in [-0.4, -0.2) is 0 Å². The Hall–Kier alpha value is -4.68. The zero-order valence-corrected chi connectivity index (χ0v) is 27.0. The van der Waals surface area contributed by atoms with Gasteiger partial charge in [-0.3, -0.25) is 0 Å². The molecule has 9 rings (SSSR count). The van der Waals surface area contributed by atoms with E-state index in [1.54, 1.807) is 0 Å². The Labute approximate surface area is 267 Å². The molecule has 0 heteroatoms. The maximum absolute atomic E-state index is 2.45. The molecule has 0 unspecified atom stereocenters. The zero-order chi connectivity index (χ0) is 30.9. The Morgan fingerprint density at radius 1 is 0.267 bits per heavy atom. The molecule has 0 aliphatic heterocycles. The minimum atomic E-state index is -0.0382. The summed E-state index contributed by atoms with van der Waals surface area (Å²) in [5.74, 6) is 0. The smallest absolute Gasteiger partial charge is 0.0158 e. The van der Waals surface area contributed by atoms with Gasteiger partial charge in [0.2, 0.25) is 0 Å². The van der Waals surface area contributed by atoms with Crippen LogP contribution in [0, 0.1) is 0 Å². The van der Waals surface area contributed by atoms with Crippen molar-refractivity contribution in [1.29, 1.82) is 0 Å². The number of hydrogen-bond donors (Lipinski definition) is 0. The molecule has 0 atom stereocenters. The van der Waals surface area contributed by atoms with E-state index in [1.165, 1.54) is 89.0 Å². The molecule has 0 radical (unpaired) electrons. The second-order valence-electron chi connectivity index (χ2n) is 15.0. The lowest BCUT2D eigenvalue weighted by molar-refractivity contribution is 0.660. The predicted octanol–water partition coefficient (Wildman–Crippen LogP) is 11.9. The van der Waals surface area contributed by atoms with Gasteiger partial charge in [-0.05, 0) is 113 Å². The Balaban J connectivity index is 1.16. The molecule has 0 saturated heterocycles. The van der Waals surface area contributed by atoms with Crippen molar-refractivity contribution in [2.75, 3.05) is 0 Å². The van der Waals surface area contributed by atoms with E-state index < -0.39 is 0 Å². The topological polar surface area (TPSA) is 0 Å². The summed E-state index contributed by atoms with van der Waals surface area (Å²) in [6.45, 7) is 14.2. The van der Waals surface area contributed by atoms with E-state index in [0.717, 1.165) is 0 Å². The van der Waals surface area contributed by atoms with Crippen molar-refractivity contribution in [2.24, 2.45) is 0 Å². The molecular formula is C45H38. The van der Waals surface area contributed by atoms with Gasteiger partial charge in [0.05, 0.1) is 0 Å². The Morgan fingerprint density at radius 2 is 0.511 bits per heavy atom. The number of rotatable bonds is 2. The molecule has 0 fully saturated rings. The molecule has 0 aromatic heterocycles. The van der Waals surface area contributed by atoms with Crippen molar-refractivity contribution < 1.29 is 0 Å². The zero-order valence-electron chi connectivity index (χ0n) is 27.0. The van der Waals surface area contributed by atoms with Crippen LogP contribution in [0.1, 0.15) is 74.9 Å². The first-order valence-electron chi connectivity index (χ1n) is 16.4. The first-order valence-corrected chi connectivity index (χ1v) is 16.4. The standard InChI is InChI=1S/C45H38/c1-43(2)37-13-9-7-11-31(37)33-23-27(15-19-39(33)43)29-17-21-41-35(25-29)36-26-30(18-22-42(36)45(41,5)6)28-16-20-40-34(24-28)32-12-8-10-14-38(32)44(40,3)4/h7-26H,1-6H3. The van der Waals surface area contributed by atoms with Crippen LogP contribution in [0.3, 0.4) is 0 Å². The summed E-state index contributed by atoms with van der Waals surface area (Å²) in [4.78, 5) is 0. The minimum absolute atomic E-state index is 0.0249. The fourth-order valence-electron chi connectivity index (χ4n) is 8.93. The van der Waals surface area contributed by atoms with Gasteiger partial charge in [0.25, 0.3) is 0 Å². The summed E-state index contributed by atoms with van der Waals surface area (Å²) >= 11 is 0. The van der Waals surface area contributed by atoms with E-state index >= 15 is 0 Å². The van der Waals surface area contributed by atoms with Gasteiger partial charge < -0.3 is 0 Å². The van der Waals surface area contributed by atoms with Crippen LogP contribution in [0.15, 0.2) is 121 Å². The molecule has 0 N–H and O–H groups in total. The van der Waals surface area contributed by atoms with Crippen LogP contribution in [-0.2, 0) is 16.2 Å². The lowest BCUT2D eigenvalue weighted by Crippen LogP contribution is -2.15. The SMILES string of the molecule is CC1(C)c2ccccc2-c2cc(-c3ccc4c(c3)-c3cc(-c5ccc6c(c5)-c5ccccc5C6(C)C)ccc3C4(C)C)ccc21. The lowest BCUT2D eigenvalue weighted by atomic mass is 9.81.